The molecule has 0 aliphatic rings. The molecule has 27 heavy (non-hydrogen) atoms. The molecule has 1 aromatic carbocycles. The summed E-state index contributed by atoms with van der Waals surface area (Å²) in [7, 11) is -2.91. The van der Waals surface area contributed by atoms with E-state index in [9.17, 15) is 14.4 Å². The summed E-state index contributed by atoms with van der Waals surface area (Å²) in [4.78, 5) is 12.3. The van der Waals surface area contributed by atoms with Crippen molar-refractivity contribution in [2.24, 2.45) is 0 Å². The van der Waals surface area contributed by atoms with Gasteiger partial charge in [-0.2, -0.15) is 0 Å². The Morgan fingerprint density at radius 2 is 2.00 bits per heavy atom. The second-order valence-corrected chi connectivity index (χ2v) is 7.98. The molecule has 152 valence electrons. The van der Waals surface area contributed by atoms with Crippen molar-refractivity contribution in [3.8, 4) is 0 Å². The molecule has 0 radical (unpaired) electrons. The predicted octanol–water partition coefficient (Wildman–Crippen LogP) is 1.43. The van der Waals surface area contributed by atoms with Gasteiger partial charge in [-0.1, -0.05) is 12.1 Å². The minimum atomic E-state index is -2.13. The molecule has 0 saturated heterocycles. The van der Waals surface area contributed by atoms with E-state index in [1.807, 2.05) is 19.9 Å². The maximum Gasteiger partial charge on any atom is 0.374 e. The fourth-order valence-corrected chi connectivity index (χ4v) is 3.89. The predicted molar refractivity (Wildman–Crippen MR) is 109 cm³/mol. The van der Waals surface area contributed by atoms with Crippen molar-refractivity contribution in [2.75, 3.05) is 31.7 Å². The Balaban J connectivity index is 2.55. The van der Waals surface area contributed by atoms with Gasteiger partial charge in [-0.05, 0) is 38.4 Å². The zero-order valence-electron chi connectivity index (χ0n) is 16.2. The standard InChI is InChI=1S/C17H31BN3O5P/c1-4-25-17(26-5-2)27(24)10-9-20-16(22)12-15(21-18(3)23)13-7-6-8-14(19)11-13/h6-8,11,15,17,21,23,27H,4-5,9-10,12,19H2,1-3H3,(H,20,22)/t15-/m0/s1. The van der Waals surface area contributed by atoms with Crippen LogP contribution in [-0.4, -0.2) is 49.9 Å². The van der Waals surface area contributed by atoms with Gasteiger partial charge < -0.3 is 35.3 Å². The molecule has 2 atom stereocenters. The average molecular weight is 399 g/mol. The SMILES string of the molecule is CCOC(OCC)[PH](=O)CCNC(=O)C[C@H](NB(C)O)c1cccc(N)c1. The molecule has 1 unspecified atom stereocenters. The van der Waals surface area contributed by atoms with Gasteiger partial charge in [0.25, 0.3) is 0 Å². The minimum absolute atomic E-state index is 0.121. The van der Waals surface area contributed by atoms with Crippen molar-refractivity contribution in [2.45, 2.75) is 39.2 Å². The van der Waals surface area contributed by atoms with E-state index in [4.69, 9.17) is 15.2 Å². The third-order valence-electron chi connectivity index (χ3n) is 3.74. The summed E-state index contributed by atoms with van der Waals surface area (Å²) >= 11 is 0. The van der Waals surface area contributed by atoms with Crippen molar-refractivity contribution in [3.05, 3.63) is 29.8 Å². The maximum atomic E-state index is 12.3. The largest absolute Gasteiger partial charge is 0.437 e. The lowest BCUT2D eigenvalue weighted by atomic mass is 9.85. The first-order valence-electron chi connectivity index (χ1n) is 9.19. The molecule has 1 rings (SSSR count). The van der Waals surface area contributed by atoms with Crippen LogP contribution in [0.2, 0.25) is 6.82 Å². The van der Waals surface area contributed by atoms with Crippen molar-refractivity contribution < 1.29 is 23.9 Å². The van der Waals surface area contributed by atoms with E-state index in [0.29, 0.717) is 25.1 Å². The van der Waals surface area contributed by atoms with E-state index >= 15 is 0 Å². The first kappa shape index (κ1) is 23.7. The van der Waals surface area contributed by atoms with Gasteiger partial charge in [0.2, 0.25) is 11.9 Å². The lowest BCUT2D eigenvalue weighted by Gasteiger charge is -2.20. The van der Waals surface area contributed by atoms with Gasteiger partial charge in [0.05, 0.1) is 0 Å². The Kier molecular flexibility index (Phi) is 11.3. The lowest BCUT2D eigenvalue weighted by Crippen LogP contribution is -2.38. The number of nitrogens with two attached hydrogens (primary N) is 1. The second kappa shape index (κ2) is 12.9. The molecular formula is C17H31BN3O5P. The quantitative estimate of drug-likeness (QED) is 0.171. The van der Waals surface area contributed by atoms with Gasteiger partial charge in [-0.15, -0.1) is 0 Å². The summed E-state index contributed by atoms with van der Waals surface area (Å²) in [6.07, 6.45) is 0.420. The minimum Gasteiger partial charge on any atom is -0.437 e. The van der Waals surface area contributed by atoms with Crippen LogP contribution in [0.5, 0.6) is 0 Å². The number of carbonyl (C=O) groups is 1. The fraction of sp³-hybridized carbons (Fsp3) is 0.588. The number of anilines is 1. The topological polar surface area (TPSA) is 123 Å². The summed E-state index contributed by atoms with van der Waals surface area (Å²) in [5.41, 5.74) is 7.20. The Hall–Kier alpha value is -1.38. The van der Waals surface area contributed by atoms with Gasteiger partial charge in [0.15, 0.2) is 0 Å². The third kappa shape index (κ3) is 9.40. The number of hydrogen-bond acceptors (Lipinski definition) is 7. The highest BCUT2D eigenvalue weighted by Gasteiger charge is 2.20. The van der Waals surface area contributed by atoms with E-state index in [-0.39, 0.29) is 24.9 Å². The fourth-order valence-electron chi connectivity index (χ4n) is 2.58. The third-order valence-corrected chi connectivity index (χ3v) is 5.34. The Morgan fingerprint density at radius 1 is 1.33 bits per heavy atom. The van der Waals surface area contributed by atoms with E-state index in [2.05, 4.69) is 10.5 Å². The number of benzene rings is 1. The van der Waals surface area contributed by atoms with Crippen LogP contribution in [-0.2, 0) is 18.8 Å². The molecule has 5 N–H and O–H groups in total. The summed E-state index contributed by atoms with van der Waals surface area (Å²) in [5, 5.41) is 15.4. The molecule has 1 aromatic rings. The van der Waals surface area contributed by atoms with Crippen LogP contribution >= 0.6 is 7.80 Å². The smallest absolute Gasteiger partial charge is 0.374 e. The molecule has 0 aliphatic heterocycles. The normalized spacial score (nSPS) is 13.4. The van der Waals surface area contributed by atoms with Gasteiger partial charge in [0, 0.05) is 44.1 Å². The highest BCUT2D eigenvalue weighted by Crippen LogP contribution is 2.29. The van der Waals surface area contributed by atoms with Crippen molar-refractivity contribution >= 4 is 26.4 Å². The summed E-state index contributed by atoms with van der Waals surface area (Å²) in [5.74, 6) is -0.213. The van der Waals surface area contributed by atoms with Gasteiger partial charge >= 0.3 is 7.05 Å². The van der Waals surface area contributed by atoms with Gasteiger partial charge in [0.1, 0.15) is 7.80 Å². The van der Waals surface area contributed by atoms with Crippen molar-refractivity contribution in [1.82, 2.24) is 10.5 Å². The number of rotatable bonds is 13. The van der Waals surface area contributed by atoms with Crippen LogP contribution in [0.25, 0.3) is 0 Å². The molecule has 0 aromatic heterocycles. The molecule has 8 nitrogen and oxygen atoms in total. The molecule has 0 spiro atoms. The van der Waals surface area contributed by atoms with Crippen molar-refractivity contribution in [3.63, 3.8) is 0 Å². The average Bonchev–Trinajstić information content (AvgIpc) is 2.60. The summed E-state index contributed by atoms with van der Waals surface area (Å²) < 4.78 is 22.9. The number of hydrogen-bond donors (Lipinski definition) is 4. The van der Waals surface area contributed by atoms with Gasteiger partial charge in [-0.25, -0.2) is 0 Å². The lowest BCUT2D eigenvalue weighted by molar-refractivity contribution is -0.121. The number of carbonyl (C=O) groups excluding carboxylic acids is 1. The van der Waals surface area contributed by atoms with Crippen LogP contribution in [0.3, 0.4) is 0 Å². The zero-order chi connectivity index (χ0) is 20.2. The number of ether oxygens (including phenoxy) is 2. The van der Waals surface area contributed by atoms with Crippen molar-refractivity contribution in [1.29, 1.82) is 0 Å². The molecule has 0 saturated carbocycles. The maximum absolute atomic E-state index is 12.3. The first-order valence-corrected chi connectivity index (χ1v) is 10.9. The van der Waals surface area contributed by atoms with E-state index < -0.39 is 20.9 Å². The molecule has 10 heteroatoms. The Bertz CT molecular complexity index is 600. The number of nitrogen functional groups attached to an aromatic ring is 1. The Morgan fingerprint density at radius 3 is 2.56 bits per heavy atom. The molecular weight excluding hydrogens is 368 g/mol. The number of nitrogens with one attached hydrogen (secondary N) is 2. The number of amides is 1. The van der Waals surface area contributed by atoms with Crippen LogP contribution < -0.4 is 16.3 Å². The van der Waals surface area contributed by atoms with Crippen LogP contribution in [0.15, 0.2) is 24.3 Å². The first-order chi connectivity index (χ1) is 12.9. The zero-order valence-corrected chi connectivity index (χ0v) is 17.2. The molecule has 0 aliphatic carbocycles. The molecule has 0 bridgehead atoms. The van der Waals surface area contributed by atoms with Crippen LogP contribution in [0, 0.1) is 0 Å². The highest BCUT2D eigenvalue weighted by atomic mass is 31.1. The summed E-state index contributed by atoms with van der Waals surface area (Å²) in [6.45, 7) is 6.32. The summed E-state index contributed by atoms with van der Waals surface area (Å²) in [6, 6.07) is 6.07. The highest BCUT2D eigenvalue weighted by molar-refractivity contribution is 7.45. The monoisotopic (exact) mass is 399 g/mol. The van der Waals surface area contributed by atoms with Crippen LogP contribution in [0.4, 0.5) is 5.69 Å². The van der Waals surface area contributed by atoms with E-state index in [1.54, 1.807) is 25.0 Å². The molecule has 0 heterocycles. The van der Waals surface area contributed by atoms with E-state index in [1.165, 1.54) is 0 Å². The molecule has 1 amide bonds. The molecule has 0 fully saturated rings. The van der Waals surface area contributed by atoms with Crippen LogP contribution in [0.1, 0.15) is 31.9 Å². The van der Waals surface area contributed by atoms with E-state index in [0.717, 1.165) is 5.56 Å². The second-order valence-electron chi connectivity index (χ2n) is 6.08. The van der Waals surface area contributed by atoms with Gasteiger partial charge in [-0.3, -0.25) is 4.79 Å². The Labute approximate surface area is 162 Å².